The Bertz CT molecular complexity index is 1020. The van der Waals surface area contributed by atoms with E-state index in [9.17, 15) is 9.59 Å². The Labute approximate surface area is 155 Å². The summed E-state index contributed by atoms with van der Waals surface area (Å²) in [6.07, 6.45) is 3.36. The van der Waals surface area contributed by atoms with Gasteiger partial charge in [-0.3, -0.25) is 9.59 Å². The number of unbranched alkanes of at least 4 members (excludes halogenated alkanes) is 1. The van der Waals surface area contributed by atoms with Crippen LogP contribution in [-0.2, 0) is 6.54 Å². The molecule has 0 aliphatic heterocycles. The summed E-state index contributed by atoms with van der Waals surface area (Å²) in [6, 6.07) is 11.0. The minimum Gasteiger partial charge on any atom is -0.267 e. The molecule has 2 heterocycles. The van der Waals surface area contributed by atoms with Gasteiger partial charge in [-0.1, -0.05) is 31.5 Å². The lowest BCUT2D eigenvalue weighted by Crippen LogP contribution is -2.29. The molecule has 3 aromatic rings. The fourth-order valence-electron chi connectivity index (χ4n) is 2.59. The van der Waals surface area contributed by atoms with Crippen molar-refractivity contribution in [2.45, 2.75) is 33.2 Å². The number of hydrogen-bond donors (Lipinski definition) is 1. The van der Waals surface area contributed by atoms with Crippen molar-refractivity contribution in [2.24, 2.45) is 5.10 Å². The summed E-state index contributed by atoms with van der Waals surface area (Å²) >= 11 is 1.59. The maximum absolute atomic E-state index is 12.6. The fraction of sp³-hybridized carbons (Fsp3) is 0.263. The number of aromatic nitrogens is 2. The molecule has 0 saturated carbocycles. The first kappa shape index (κ1) is 18.0. The maximum Gasteiger partial charge on any atom is 0.292 e. The van der Waals surface area contributed by atoms with E-state index in [-0.39, 0.29) is 11.3 Å². The Kier molecular flexibility index (Phi) is 5.58. The van der Waals surface area contributed by atoms with Crippen molar-refractivity contribution >= 4 is 34.2 Å². The molecular formula is C19H20N4O2S. The molecule has 0 fully saturated rings. The van der Waals surface area contributed by atoms with Crippen molar-refractivity contribution < 1.29 is 4.79 Å². The zero-order chi connectivity index (χ0) is 18.5. The zero-order valence-electron chi connectivity index (χ0n) is 14.7. The number of aryl methyl sites for hydroxylation is 2. The van der Waals surface area contributed by atoms with Crippen molar-refractivity contribution in [1.82, 2.24) is 15.2 Å². The molecule has 134 valence electrons. The van der Waals surface area contributed by atoms with E-state index in [0.29, 0.717) is 17.3 Å². The number of nitrogens with one attached hydrogen (secondary N) is 1. The Morgan fingerprint density at radius 1 is 1.27 bits per heavy atom. The second kappa shape index (κ2) is 8.05. The predicted molar refractivity (Wildman–Crippen MR) is 105 cm³/mol. The third-order valence-corrected chi connectivity index (χ3v) is 4.86. The molecule has 6 nitrogen and oxygen atoms in total. The molecular weight excluding hydrogens is 348 g/mol. The van der Waals surface area contributed by atoms with Gasteiger partial charge in [-0.25, -0.2) is 10.1 Å². The van der Waals surface area contributed by atoms with Gasteiger partial charge in [0.05, 0.1) is 11.6 Å². The van der Waals surface area contributed by atoms with E-state index in [1.165, 1.54) is 9.56 Å². The number of hydrogen-bond acceptors (Lipinski definition) is 5. The van der Waals surface area contributed by atoms with Crippen molar-refractivity contribution in [2.75, 3.05) is 0 Å². The standard InChI is InChI=1S/C19H20N4O2S/c1-3-4-11-23-19(25)16-8-6-5-7-15(16)17(22-23)18(24)21-20-12-14-10-9-13(2)26-14/h5-10,12H,3-4,11H2,1-2H3,(H,21,24)/b20-12-. The number of fused-ring (bicyclic) bond motifs is 1. The molecule has 0 saturated heterocycles. The zero-order valence-corrected chi connectivity index (χ0v) is 15.5. The first-order valence-corrected chi connectivity index (χ1v) is 9.31. The Morgan fingerprint density at radius 2 is 2.04 bits per heavy atom. The van der Waals surface area contributed by atoms with E-state index in [1.807, 2.05) is 26.0 Å². The van der Waals surface area contributed by atoms with E-state index in [4.69, 9.17) is 0 Å². The first-order chi connectivity index (χ1) is 12.6. The number of rotatable bonds is 6. The molecule has 0 bridgehead atoms. The van der Waals surface area contributed by atoms with Gasteiger partial charge in [0.1, 0.15) is 0 Å². The molecule has 0 aliphatic carbocycles. The van der Waals surface area contributed by atoms with Crippen LogP contribution >= 0.6 is 11.3 Å². The highest BCUT2D eigenvalue weighted by Gasteiger charge is 2.16. The number of benzene rings is 1. The molecule has 26 heavy (non-hydrogen) atoms. The highest BCUT2D eigenvalue weighted by molar-refractivity contribution is 7.13. The van der Waals surface area contributed by atoms with Crippen molar-refractivity contribution in [3.63, 3.8) is 0 Å². The number of amides is 1. The lowest BCUT2D eigenvalue weighted by atomic mass is 10.1. The van der Waals surface area contributed by atoms with Gasteiger partial charge in [0.15, 0.2) is 5.69 Å². The molecule has 3 rings (SSSR count). The minimum absolute atomic E-state index is 0.178. The molecule has 1 aromatic carbocycles. The van der Waals surface area contributed by atoms with Crippen molar-refractivity contribution in [1.29, 1.82) is 0 Å². The third-order valence-electron chi connectivity index (χ3n) is 3.93. The van der Waals surface area contributed by atoms with E-state index < -0.39 is 5.91 Å². The highest BCUT2D eigenvalue weighted by atomic mass is 32.1. The number of carbonyl (C=O) groups excluding carboxylic acids is 1. The molecule has 0 radical (unpaired) electrons. The summed E-state index contributed by atoms with van der Waals surface area (Å²) < 4.78 is 1.37. The Morgan fingerprint density at radius 3 is 2.73 bits per heavy atom. The van der Waals surface area contributed by atoms with Crippen LogP contribution in [0.5, 0.6) is 0 Å². The Hall–Kier alpha value is -2.80. The number of hydrazone groups is 1. The van der Waals surface area contributed by atoms with Gasteiger partial charge in [-0.15, -0.1) is 11.3 Å². The van der Waals surface area contributed by atoms with Crippen LogP contribution in [0.4, 0.5) is 0 Å². The summed E-state index contributed by atoms with van der Waals surface area (Å²) in [5.41, 5.74) is 2.54. The second-order valence-corrected chi connectivity index (χ2v) is 7.24. The lowest BCUT2D eigenvalue weighted by molar-refractivity contribution is 0.0949. The van der Waals surface area contributed by atoms with E-state index in [1.54, 1.807) is 41.8 Å². The monoisotopic (exact) mass is 368 g/mol. The van der Waals surface area contributed by atoms with E-state index in [2.05, 4.69) is 15.6 Å². The van der Waals surface area contributed by atoms with Crippen LogP contribution in [0.3, 0.4) is 0 Å². The summed E-state index contributed by atoms with van der Waals surface area (Å²) in [5, 5.41) is 9.32. The highest BCUT2D eigenvalue weighted by Crippen LogP contribution is 2.14. The molecule has 0 atom stereocenters. The van der Waals surface area contributed by atoms with Crippen LogP contribution in [0.25, 0.3) is 10.8 Å². The number of carbonyl (C=O) groups is 1. The minimum atomic E-state index is -0.434. The number of thiophene rings is 1. The molecule has 2 aromatic heterocycles. The van der Waals surface area contributed by atoms with Crippen LogP contribution in [-0.4, -0.2) is 21.9 Å². The largest absolute Gasteiger partial charge is 0.292 e. The molecule has 1 N–H and O–H groups in total. The quantitative estimate of drug-likeness (QED) is 0.535. The topological polar surface area (TPSA) is 76.3 Å². The van der Waals surface area contributed by atoms with Gasteiger partial charge >= 0.3 is 0 Å². The van der Waals surface area contributed by atoms with Crippen molar-refractivity contribution in [3.05, 3.63) is 62.2 Å². The van der Waals surface area contributed by atoms with Gasteiger partial charge in [-0.2, -0.15) is 10.2 Å². The van der Waals surface area contributed by atoms with Gasteiger partial charge < -0.3 is 0 Å². The SMILES string of the molecule is CCCCn1nc(C(=O)N/N=C\c2ccc(C)s2)c2ccccc2c1=O. The van der Waals surface area contributed by atoms with Crippen LogP contribution in [0.1, 0.15) is 40.0 Å². The average molecular weight is 368 g/mol. The summed E-state index contributed by atoms with van der Waals surface area (Å²) in [7, 11) is 0. The predicted octanol–water partition coefficient (Wildman–Crippen LogP) is 3.33. The van der Waals surface area contributed by atoms with Crippen LogP contribution in [0.15, 0.2) is 46.3 Å². The van der Waals surface area contributed by atoms with Crippen LogP contribution in [0, 0.1) is 6.92 Å². The van der Waals surface area contributed by atoms with Gasteiger partial charge in [0.2, 0.25) is 0 Å². The maximum atomic E-state index is 12.6. The van der Waals surface area contributed by atoms with Crippen LogP contribution in [0.2, 0.25) is 0 Å². The van der Waals surface area contributed by atoms with Crippen molar-refractivity contribution in [3.8, 4) is 0 Å². The number of nitrogens with zero attached hydrogens (tertiary/aromatic N) is 3. The molecule has 0 aliphatic rings. The fourth-order valence-corrected chi connectivity index (χ4v) is 3.34. The average Bonchev–Trinajstić information content (AvgIpc) is 3.06. The normalized spacial score (nSPS) is 11.3. The first-order valence-electron chi connectivity index (χ1n) is 8.50. The summed E-state index contributed by atoms with van der Waals surface area (Å²) in [5.74, 6) is -0.434. The van der Waals surface area contributed by atoms with Gasteiger partial charge in [0, 0.05) is 21.7 Å². The molecule has 7 heteroatoms. The smallest absolute Gasteiger partial charge is 0.267 e. The molecule has 1 amide bonds. The van der Waals surface area contributed by atoms with Gasteiger partial charge in [-0.05, 0) is 31.5 Å². The summed E-state index contributed by atoms with van der Waals surface area (Å²) in [4.78, 5) is 27.3. The molecule has 0 unspecified atom stereocenters. The third kappa shape index (κ3) is 3.88. The van der Waals surface area contributed by atoms with E-state index in [0.717, 1.165) is 17.7 Å². The second-order valence-electron chi connectivity index (χ2n) is 5.92. The molecule has 0 spiro atoms. The van der Waals surface area contributed by atoms with Crippen LogP contribution < -0.4 is 11.0 Å². The summed E-state index contributed by atoms with van der Waals surface area (Å²) in [6.45, 7) is 4.54. The van der Waals surface area contributed by atoms with E-state index >= 15 is 0 Å². The van der Waals surface area contributed by atoms with Gasteiger partial charge in [0.25, 0.3) is 11.5 Å². The Balaban J connectivity index is 1.92. The lowest BCUT2D eigenvalue weighted by Gasteiger charge is -2.09.